The third-order valence-corrected chi connectivity index (χ3v) is 2.10. The van der Waals surface area contributed by atoms with Crippen LogP contribution >= 0.6 is 0 Å². The van der Waals surface area contributed by atoms with Gasteiger partial charge < -0.3 is 25.2 Å². The molecule has 3 unspecified atom stereocenters. The monoisotopic (exact) mass is 250 g/mol. The topological polar surface area (TPSA) is 124 Å². The van der Waals surface area contributed by atoms with Crippen molar-refractivity contribution in [2.24, 2.45) is 0 Å². The van der Waals surface area contributed by atoms with Gasteiger partial charge in [0, 0.05) is 0 Å². The molecular weight excluding hydrogens is 232 g/mol. The Kier molecular flexibility index (Phi) is 7.44. The van der Waals surface area contributed by atoms with E-state index < -0.39 is 30.3 Å². The van der Waals surface area contributed by atoms with E-state index in [-0.39, 0.29) is 6.61 Å². The zero-order valence-corrected chi connectivity index (χ0v) is 9.57. The van der Waals surface area contributed by atoms with Crippen LogP contribution in [0.4, 0.5) is 0 Å². The number of aliphatic carboxylic acids is 1. The molecule has 0 radical (unpaired) electrons. The summed E-state index contributed by atoms with van der Waals surface area (Å²) < 4.78 is 4.47. The quantitative estimate of drug-likeness (QED) is 0.402. The van der Waals surface area contributed by atoms with Gasteiger partial charge in [0.05, 0.1) is 6.10 Å². The van der Waals surface area contributed by atoms with Crippen molar-refractivity contribution in [1.29, 1.82) is 0 Å². The zero-order valence-electron chi connectivity index (χ0n) is 9.57. The molecular formula is C10H18O7. The van der Waals surface area contributed by atoms with Crippen LogP contribution in [0.25, 0.3) is 0 Å². The van der Waals surface area contributed by atoms with E-state index in [0.29, 0.717) is 6.42 Å². The maximum absolute atomic E-state index is 11.1. The Morgan fingerprint density at radius 1 is 1.18 bits per heavy atom. The first-order valence-corrected chi connectivity index (χ1v) is 5.33. The van der Waals surface area contributed by atoms with Crippen LogP contribution in [-0.2, 0) is 14.3 Å². The van der Waals surface area contributed by atoms with E-state index in [4.69, 9.17) is 15.3 Å². The van der Waals surface area contributed by atoms with Crippen LogP contribution in [0.2, 0.25) is 0 Å². The summed E-state index contributed by atoms with van der Waals surface area (Å²) in [5, 5.41) is 35.6. The molecule has 0 aromatic heterocycles. The molecule has 17 heavy (non-hydrogen) atoms. The molecule has 0 aliphatic carbocycles. The summed E-state index contributed by atoms with van der Waals surface area (Å²) in [4.78, 5) is 21.3. The highest BCUT2D eigenvalue weighted by Gasteiger charge is 2.31. The number of carbonyl (C=O) groups excluding carboxylic acids is 1. The van der Waals surface area contributed by atoms with E-state index in [1.165, 1.54) is 0 Å². The van der Waals surface area contributed by atoms with Gasteiger partial charge in [0.15, 0.2) is 12.2 Å². The smallest absolute Gasteiger partial charge is 0.338 e. The molecule has 0 aromatic rings. The molecule has 0 saturated heterocycles. The highest BCUT2D eigenvalue weighted by atomic mass is 16.6. The van der Waals surface area contributed by atoms with Crippen molar-refractivity contribution in [2.75, 3.05) is 6.61 Å². The Morgan fingerprint density at radius 3 is 2.24 bits per heavy atom. The van der Waals surface area contributed by atoms with Crippen LogP contribution in [0.1, 0.15) is 26.2 Å². The number of carbonyl (C=O) groups is 2. The van der Waals surface area contributed by atoms with E-state index in [9.17, 15) is 14.7 Å². The number of ether oxygens (including phenoxy) is 1. The summed E-state index contributed by atoms with van der Waals surface area (Å²) in [7, 11) is 0. The van der Waals surface area contributed by atoms with Gasteiger partial charge in [0.2, 0.25) is 0 Å². The molecule has 0 spiro atoms. The maximum Gasteiger partial charge on any atom is 0.338 e. The molecule has 100 valence electrons. The molecule has 0 saturated carbocycles. The minimum Gasteiger partial charge on any atom is -0.479 e. The first-order chi connectivity index (χ1) is 7.90. The van der Waals surface area contributed by atoms with Crippen molar-refractivity contribution in [2.45, 2.75) is 44.5 Å². The van der Waals surface area contributed by atoms with E-state index in [1.54, 1.807) is 0 Å². The number of rotatable bonds is 8. The Labute approximate surface area is 98.6 Å². The Bertz CT molecular complexity index is 253. The standard InChI is InChI=1S/C10H18O7/c1-2-3-4-6(11)5-17-10(16)8(13)7(12)9(14)15/h6-8,11-13H,2-5H2,1H3,(H,14,15). The summed E-state index contributed by atoms with van der Waals surface area (Å²) in [6.07, 6.45) is -3.14. The van der Waals surface area contributed by atoms with Crippen LogP contribution in [0.5, 0.6) is 0 Å². The zero-order chi connectivity index (χ0) is 13.4. The maximum atomic E-state index is 11.1. The molecule has 0 fully saturated rings. The van der Waals surface area contributed by atoms with Crippen LogP contribution < -0.4 is 0 Å². The van der Waals surface area contributed by atoms with Crippen LogP contribution in [0, 0.1) is 0 Å². The van der Waals surface area contributed by atoms with Gasteiger partial charge in [0.1, 0.15) is 6.61 Å². The van der Waals surface area contributed by atoms with Crippen molar-refractivity contribution in [3.63, 3.8) is 0 Å². The highest BCUT2D eigenvalue weighted by molar-refractivity contribution is 5.84. The van der Waals surface area contributed by atoms with E-state index in [0.717, 1.165) is 12.8 Å². The summed E-state index contributed by atoms with van der Waals surface area (Å²) in [5.74, 6) is -2.99. The molecule has 0 aliphatic rings. The minimum atomic E-state index is -2.23. The lowest BCUT2D eigenvalue weighted by molar-refractivity contribution is -0.171. The Hall–Kier alpha value is -1.18. The SMILES string of the molecule is CCCCC(O)COC(=O)C(O)C(O)C(=O)O. The summed E-state index contributed by atoms with van der Waals surface area (Å²) in [6.45, 7) is 1.61. The predicted molar refractivity (Wildman–Crippen MR) is 56.1 cm³/mol. The van der Waals surface area contributed by atoms with Gasteiger partial charge in [-0.15, -0.1) is 0 Å². The van der Waals surface area contributed by atoms with Crippen molar-refractivity contribution in [1.82, 2.24) is 0 Å². The van der Waals surface area contributed by atoms with Gasteiger partial charge in [-0.05, 0) is 6.42 Å². The number of esters is 1. The molecule has 0 heterocycles. The van der Waals surface area contributed by atoms with E-state index >= 15 is 0 Å². The summed E-state index contributed by atoms with van der Waals surface area (Å²) in [5.41, 5.74) is 0. The molecule has 0 aliphatic heterocycles. The molecule has 3 atom stereocenters. The number of aliphatic hydroxyl groups excluding tert-OH is 3. The number of hydrogen-bond donors (Lipinski definition) is 4. The van der Waals surface area contributed by atoms with Crippen LogP contribution in [0.15, 0.2) is 0 Å². The summed E-state index contributed by atoms with van der Waals surface area (Å²) >= 11 is 0. The first-order valence-electron chi connectivity index (χ1n) is 5.33. The number of unbranched alkanes of at least 4 members (excludes halogenated alkanes) is 1. The fourth-order valence-corrected chi connectivity index (χ4v) is 1.05. The van der Waals surface area contributed by atoms with Crippen LogP contribution in [0.3, 0.4) is 0 Å². The summed E-state index contributed by atoms with van der Waals surface area (Å²) in [6, 6.07) is 0. The molecule has 0 aromatic carbocycles. The van der Waals surface area contributed by atoms with Gasteiger partial charge in [-0.2, -0.15) is 0 Å². The number of carboxylic acids is 1. The number of hydrogen-bond acceptors (Lipinski definition) is 6. The third-order valence-electron chi connectivity index (χ3n) is 2.10. The average Bonchev–Trinajstić information content (AvgIpc) is 2.31. The predicted octanol–water partition coefficient (Wildman–Crippen LogP) is -1.11. The van der Waals surface area contributed by atoms with Gasteiger partial charge in [-0.3, -0.25) is 0 Å². The third kappa shape index (κ3) is 6.20. The highest BCUT2D eigenvalue weighted by Crippen LogP contribution is 2.03. The molecule has 7 nitrogen and oxygen atoms in total. The van der Waals surface area contributed by atoms with Gasteiger partial charge in [-0.25, -0.2) is 9.59 Å². The van der Waals surface area contributed by atoms with E-state index in [2.05, 4.69) is 4.74 Å². The second kappa shape index (κ2) is 7.99. The fourth-order valence-electron chi connectivity index (χ4n) is 1.05. The number of carboxylic acid groups (broad SMARTS) is 1. The fraction of sp³-hybridized carbons (Fsp3) is 0.800. The van der Waals surface area contributed by atoms with Crippen LogP contribution in [-0.4, -0.2) is 57.3 Å². The second-order valence-electron chi connectivity index (χ2n) is 3.65. The molecule has 7 heteroatoms. The average molecular weight is 250 g/mol. The first kappa shape index (κ1) is 15.8. The Morgan fingerprint density at radius 2 is 1.76 bits per heavy atom. The second-order valence-corrected chi connectivity index (χ2v) is 3.65. The molecule has 0 bridgehead atoms. The van der Waals surface area contributed by atoms with Crippen molar-refractivity contribution in [3.05, 3.63) is 0 Å². The van der Waals surface area contributed by atoms with Crippen molar-refractivity contribution >= 4 is 11.9 Å². The normalized spacial score (nSPS) is 16.0. The lowest BCUT2D eigenvalue weighted by atomic mass is 10.2. The lowest BCUT2D eigenvalue weighted by Crippen LogP contribution is -2.41. The van der Waals surface area contributed by atoms with Gasteiger partial charge >= 0.3 is 11.9 Å². The van der Waals surface area contributed by atoms with Crippen molar-refractivity contribution < 1.29 is 34.8 Å². The van der Waals surface area contributed by atoms with E-state index in [1.807, 2.05) is 6.92 Å². The van der Waals surface area contributed by atoms with Gasteiger partial charge in [0.25, 0.3) is 0 Å². The molecule has 0 amide bonds. The van der Waals surface area contributed by atoms with Gasteiger partial charge in [-0.1, -0.05) is 19.8 Å². The van der Waals surface area contributed by atoms with Crippen molar-refractivity contribution in [3.8, 4) is 0 Å². The number of aliphatic hydroxyl groups is 3. The minimum absolute atomic E-state index is 0.331. The largest absolute Gasteiger partial charge is 0.479 e. The Balaban J connectivity index is 3.96. The molecule has 4 N–H and O–H groups in total. The molecule has 0 rings (SSSR count). The lowest BCUT2D eigenvalue weighted by Gasteiger charge is -2.15.